The lowest BCUT2D eigenvalue weighted by Crippen LogP contribution is -2.36. The van der Waals surface area contributed by atoms with Crippen molar-refractivity contribution in [2.75, 3.05) is 4.90 Å². The van der Waals surface area contributed by atoms with Crippen LogP contribution < -0.4 is 4.90 Å². The van der Waals surface area contributed by atoms with Crippen molar-refractivity contribution in [1.82, 2.24) is 9.97 Å². The molecule has 2 aliphatic rings. The largest absolute Gasteiger partial charge is 0.310 e. The van der Waals surface area contributed by atoms with E-state index in [9.17, 15) is 0 Å². The summed E-state index contributed by atoms with van der Waals surface area (Å²) < 4.78 is 0. The predicted octanol–water partition coefficient (Wildman–Crippen LogP) is 13.3. The van der Waals surface area contributed by atoms with Gasteiger partial charge in [-0.25, -0.2) is 9.97 Å². The lowest BCUT2D eigenvalue weighted by atomic mass is 9.64. The highest BCUT2D eigenvalue weighted by Crippen LogP contribution is 2.63. The summed E-state index contributed by atoms with van der Waals surface area (Å²) in [5, 5.41) is 0. The van der Waals surface area contributed by atoms with Gasteiger partial charge in [0.1, 0.15) is 0 Å². The van der Waals surface area contributed by atoms with Crippen LogP contribution >= 0.6 is 0 Å². The minimum absolute atomic E-state index is 0.518. The van der Waals surface area contributed by atoms with E-state index < -0.39 is 5.41 Å². The third kappa shape index (κ3) is 4.91. The van der Waals surface area contributed by atoms with Crippen LogP contribution in [0.15, 0.2) is 212 Å². The molecule has 1 aliphatic carbocycles. The fourth-order valence-electron chi connectivity index (χ4n) is 9.07. The fraction of sp³-hybridized carbons (Fsp3) is 0.0189. The van der Waals surface area contributed by atoms with Crippen LogP contribution in [0.5, 0.6) is 0 Å². The first-order valence-electron chi connectivity index (χ1n) is 19.2. The number of para-hydroxylation sites is 3. The second-order valence-corrected chi connectivity index (χ2v) is 14.5. The average molecular weight is 714 g/mol. The molecule has 3 nitrogen and oxygen atoms in total. The Balaban J connectivity index is 1.11. The Morgan fingerprint density at radius 3 is 1.45 bits per heavy atom. The van der Waals surface area contributed by atoms with Crippen molar-refractivity contribution in [3.63, 3.8) is 0 Å². The van der Waals surface area contributed by atoms with Crippen molar-refractivity contribution in [3.8, 4) is 56.2 Å². The van der Waals surface area contributed by atoms with E-state index in [1.165, 1.54) is 44.8 Å². The molecular weight excluding hydrogens is 679 g/mol. The third-order valence-corrected chi connectivity index (χ3v) is 11.5. The highest BCUT2D eigenvalue weighted by Gasteiger charge is 2.51. The van der Waals surface area contributed by atoms with Gasteiger partial charge >= 0.3 is 0 Å². The van der Waals surface area contributed by atoms with Crippen molar-refractivity contribution >= 4 is 17.1 Å². The van der Waals surface area contributed by atoms with E-state index in [4.69, 9.17) is 9.97 Å². The van der Waals surface area contributed by atoms with E-state index >= 15 is 0 Å². The monoisotopic (exact) mass is 713 g/mol. The number of nitrogens with zero attached hydrogens (tertiary/aromatic N) is 3. The molecule has 0 fully saturated rings. The van der Waals surface area contributed by atoms with E-state index in [0.717, 1.165) is 44.9 Å². The standard InChI is InChI=1S/C53H35N3/c1-4-17-36(18-5-1)48-35-49(37-19-6-2-7-20-37)55-52(54-48)40-22-16-21-38(33-40)39-31-32-43-42-25-10-11-26-44(42)53(47(43)34-39)45-27-12-14-29-50(45)56(41-23-8-3-9-24-41)51-30-15-13-28-46(51)53/h1-35H. The van der Waals surface area contributed by atoms with Gasteiger partial charge in [0.2, 0.25) is 0 Å². The molecule has 2 heterocycles. The lowest BCUT2D eigenvalue weighted by molar-refractivity contribution is 0.753. The van der Waals surface area contributed by atoms with Gasteiger partial charge in [0.15, 0.2) is 5.82 Å². The van der Waals surface area contributed by atoms with Gasteiger partial charge in [-0.2, -0.15) is 0 Å². The molecule has 0 saturated heterocycles. The van der Waals surface area contributed by atoms with Gasteiger partial charge in [-0.3, -0.25) is 0 Å². The molecule has 8 aromatic carbocycles. The highest BCUT2D eigenvalue weighted by atomic mass is 15.2. The normalized spacial score (nSPS) is 13.1. The predicted molar refractivity (Wildman–Crippen MR) is 229 cm³/mol. The molecule has 11 rings (SSSR count). The first-order valence-corrected chi connectivity index (χ1v) is 19.2. The summed E-state index contributed by atoms with van der Waals surface area (Å²) >= 11 is 0. The Bertz CT molecular complexity index is 2810. The average Bonchev–Trinajstić information content (AvgIpc) is 3.57. The maximum Gasteiger partial charge on any atom is 0.160 e. The molecular formula is C53H35N3. The Kier molecular flexibility index (Phi) is 7.39. The molecule has 0 amide bonds. The minimum Gasteiger partial charge on any atom is -0.310 e. The second-order valence-electron chi connectivity index (χ2n) is 14.5. The molecule has 9 aromatic rings. The van der Waals surface area contributed by atoms with Gasteiger partial charge in [-0.15, -0.1) is 0 Å². The first kappa shape index (κ1) is 32.1. The summed E-state index contributed by atoms with van der Waals surface area (Å²) in [6.07, 6.45) is 0. The van der Waals surface area contributed by atoms with E-state index in [0.29, 0.717) is 5.82 Å². The molecule has 0 saturated carbocycles. The van der Waals surface area contributed by atoms with Crippen LogP contribution in [0.25, 0.3) is 56.2 Å². The summed E-state index contributed by atoms with van der Waals surface area (Å²) in [6.45, 7) is 0. The number of hydrogen-bond donors (Lipinski definition) is 0. The molecule has 1 spiro atoms. The van der Waals surface area contributed by atoms with Gasteiger partial charge in [0.25, 0.3) is 0 Å². The van der Waals surface area contributed by atoms with E-state index in [-0.39, 0.29) is 0 Å². The quantitative estimate of drug-likeness (QED) is 0.178. The van der Waals surface area contributed by atoms with Gasteiger partial charge in [-0.05, 0) is 87.0 Å². The van der Waals surface area contributed by atoms with Crippen molar-refractivity contribution in [2.24, 2.45) is 0 Å². The highest BCUT2D eigenvalue weighted by molar-refractivity contribution is 5.96. The topological polar surface area (TPSA) is 29.0 Å². The first-order chi connectivity index (χ1) is 27.8. The maximum absolute atomic E-state index is 5.15. The molecule has 0 bridgehead atoms. The Morgan fingerprint density at radius 1 is 0.321 bits per heavy atom. The molecule has 1 aliphatic heterocycles. The van der Waals surface area contributed by atoms with Gasteiger partial charge in [0, 0.05) is 22.4 Å². The summed E-state index contributed by atoms with van der Waals surface area (Å²) in [6, 6.07) is 76.3. The van der Waals surface area contributed by atoms with E-state index in [2.05, 4.69) is 205 Å². The zero-order valence-electron chi connectivity index (χ0n) is 30.5. The maximum atomic E-state index is 5.15. The van der Waals surface area contributed by atoms with Crippen molar-refractivity contribution in [1.29, 1.82) is 0 Å². The molecule has 0 radical (unpaired) electrons. The van der Waals surface area contributed by atoms with Crippen molar-refractivity contribution in [3.05, 3.63) is 235 Å². The molecule has 1 aromatic heterocycles. The number of hydrogen-bond acceptors (Lipinski definition) is 3. The Hall–Kier alpha value is -7.36. The molecule has 262 valence electrons. The smallest absolute Gasteiger partial charge is 0.160 e. The molecule has 56 heavy (non-hydrogen) atoms. The van der Waals surface area contributed by atoms with Gasteiger partial charge in [-0.1, -0.05) is 170 Å². The van der Waals surface area contributed by atoms with Crippen LogP contribution in [0.2, 0.25) is 0 Å². The number of fused-ring (bicyclic) bond motifs is 9. The molecule has 0 atom stereocenters. The van der Waals surface area contributed by atoms with Crippen LogP contribution in [0.1, 0.15) is 22.3 Å². The molecule has 0 N–H and O–H groups in total. The number of aromatic nitrogens is 2. The van der Waals surface area contributed by atoms with Gasteiger partial charge < -0.3 is 4.90 Å². The van der Waals surface area contributed by atoms with Crippen LogP contribution in [-0.2, 0) is 5.41 Å². The Morgan fingerprint density at radius 2 is 0.804 bits per heavy atom. The van der Waals surface area contributed by atoms with E-state index in [1.807, 2.05) is 12.1 Å². The van der Waals surface area contributed by atoms with Crippen LogP contribution in [0.3, 0.4) is 0 Å². The zero-order chi connectivity index (χ0) is 37.1. The minimum atomic E-state index is -0.518. The third-order valence-electron chi connectivity index (χ3n) is 11.5. The second kappa shape index (κ2) is 12.9. The van der Waals surface area contributed by atoms with E-state index in [1.54, 1.807) is 0 Å². The molecule has 3 heteroatoms. The van der Waals surface area contributed by atoms with Crippen LogP contribution in [0, 0.1) is 0 Å². The SMILES string of the molecule is c1ccc(-c2cc(-c3ccccc3)nc(-c3cccc(-c4ccc5c(c4)C4(c6ccccc6-5)c5ccccc5N(c5ccccc5)c5ccccc54)c3)n2)cc1. The summed E-state index contributed by atoms with van der Waals surface area (Å²) in [7, 11) is 0. The summed E-state index contributed by atoms with van der Waals surface area (Å²) in [5.74, 6) is 0.702. The Labute approximate surface area is 326 Å². The fourth-order valence-corrected chi connectivity index (χ4v) is 9.07. The number of benzene rings is 8. The van der Waals surface area contributed by atoms with Crippen LogP contribution in [0.4, 0.5) is 17.1 Å². The summed E-state index contributed by atoms with van der Waals surface area (Å²) in [4.78, 5) is 12.7. The van der Waals surface area contributed by atoms with Crippen molar-refractivity contribution in [2.45, 2.75) is 5.41 Å². The van der Waals surface area contributed by atoms with Crippen LogP contribution in [-0.4, -0.2) is 9.97 Å². The van der Waals surface area contributed by atoms with Gasteiger partial charge in [0.05, 0.1) is 28.2 Å². The zero-order valence-corrected chi connectivity index (χ0v) is 30.5. The summed E-state index contributed by atoms with van der Waals surface area (Å²) in [5.41, 5.74) is 17.9. The number of anilines is 3. The molecule has 0 unspecified atom stereocenters. The lowest BCUT2D eigenvalue weighted by Gasteiger charge is -2.45. The number of rotatable bonds is 5. The van der Waals surface area contributed by atoms with Crippen molar-refractivity contribution < 1.29 is 0 Å².